The zero-order valence-corrected chi connectivity index (χ0v) is 21.9. The SMILES string of the molecule is CCCc1nc(N2CCN(C(=O)Nc3ccc(Cl)c(Cl)c3)CC2)c2c3c(sc2n1)C[C@H](C)CC3. The molecule has 0 bridgehead atoms. The molecule has 0 saturated carbocycles. The minimum Gasteiger partial charge on any atom is -0.352 e. The number of aryl methyl sites for hydroxylation is 2. The maximum absolute atomic E-state index is 12.8. The van der Waals surface area contributed by atoms with Crippen molar-refractivity contribution in [2.24, 2.45) is 5.92 Å². The van der Waals surface area contributed by atoms with E-state index in [1.165, 1.54) is 22.2 Å². The summed E-state index contributed by atoms with van der Waals surface area (Å²) in [6, 6.07) is 4.99. The van der Waals surface area contributed by atoms with Gasteiger partial charge in [-0.1, -0.05) is 37.0 Å². The molecule has 2 aromatic heterocycles. The number of hydrogen-bond acceptors (Lipinski definition) is 5. The lowest BCUT2D eigenvalue weighted by molar-refractivity contribution is 0.208. The van der Waals surface area contributed by atoms with Crippen LogP contribution in [-0.2, 0) is 19.3 Å². The van der Waals surface area contributed by atoms with Crippen LogP contribution in [0.3, 0.4) is 0 Å². The smallest absolute Gasteiger partial charge is 0.321 e. The topological polar surface area (TPSA) is 61.4 Å². The van der Waals surface area contributed by atoms with Crippen molar-refractivity contribution in [3.8, 4) is 0 Å². The quantitative estimate of drug-likeness (QED) is 0.433. The van der Waals surface area contributed by atoms with Crippen LogP contribution in [0.4, 0.5) is 16.3 Å². The Labute approximate surface area is 214 Å². The lowest BCUT2D eigenvalue weighted by Gasteiger charge is -2.36. The van der Waals surface area contributed by atoms with Crippen molar-refractivity contribution in [2.75, 3.05) is 36.4 Å². The highest BCUT2D eigenvalue weighted by molar-refractivity contribution is 7.19. The summed E-state index contributed by atoms with van der Waals surface area (Å²) >= 11 is 13.9. The number of benzene rings is 1. The van der Waals surface area contributed by atoms with Crippen LogP contribution in [0.2, 0.25) is 10.0 Å². The number of amides is 2. The summed E-state index contributed by atoms with van der Waals surface area (Å²) in [4.78, 5) is 29.6. The monoisotopic (exact) mass is 517 g/mol. The van der Waals surface area contributed by atoms with E-state index in [2.05, 4.69) is 24.1 Å². The van der Waals surface area contributed by atoms with Crippen LogP contribution in [-0.4, -0.2) is 47.1 Å². The summed E-state index contributed by atoms with van der Waals surface area (Å²) in [5.41, 5.74) is 2.10. The molecular weight excluding hydrogens is 489 g/mol. The molecule has 1 atom stereocenters. The first-order valence-corrected chi connectivity index (χ1v) is 13.6. The lowest BCUT2D eigenvalue weighted by Crippen LogP contribution is -2.50. The Morgan fingerprint density at radius 3 is 2.71 bits per heavy atom. The van der Waals surface area contributed by atoms with Gasteiger partial charge in [0.05, 0.1) is 15.4 Å². The van der Waals surface area contributed by atoms with Crippen LogP contribution in [0.15, 0.2) is 18.2 Å². The molecule has 180 valence electrons. The molecule has 1 N–H and O–H groups in total. The number of nitrogens with zero attached hydrogens (tertiary/aromatic N) is 4. The van der Waals surface area contributed by atoms with Gasteiger partial charge in [0.15, 0.2) is 0 Å². The van der Waals surface area contributed by atoms with Crippen molar-refractivity contribution in [2.45, 2.75) is 46.0 Å². The predicted molar refractivity (Wildman–Crippen MR) is 142 cm³/mol. The van der Waals surface area contributed by atoms with Gasteiger partial charge in [0.2, 0.25) is 0 Å². The molecule has 2 aliphatic rings. The largest absolute Gasteiger partial charge is 0.352 e. The molecule has 2 amide bonds. The third kappa shape index (κ3) is 4.70. The summed E-state index contributed by atoms with van der Waals surface area (Å²) in [5, 5.41) is 5.08. The van der Waals surface area contributed by atoms with Crippen LogP contribution < -0.4 is 10.2 Å². The third-order valence-corrected chi connectivity index (χ3v) is 8.58. The normalized spacial score (nSPS) is 18.3. The summed E-state index contributed by atoms with van der Waals surface area (Å²) in [5.74, 6) is 2.71. The van der Waals surface area contributed by atoms with Crippen molar-refractivity contribution in [1.29, 1.82) is 0 Å². The number of aromatic nitrogens is 2. The third-order valence-electron chi connectivity index (χ3n) is 6.69. The second-order valence-electron chi connectivity index (χ2n) is 9.28. The fourth-order valence-corrected chi connectivity index (χ4v) is 6.52. The second-order valence-corrected chi connectivity index (χ2v) is 11.2. The Balaban J connectivity index is 1.35. The standard InChI is InChI=1S/C25H29Cl2N5OS/c1-3-4-21-29-23(22-17-7-5-15(2)13-20(17)34-24(22)30-21)31-9-11-32(12-10-31)25(33)28-16-6-8-18(26)19(27)14-16/h6,8,14-15H,3-5,7,9-13H2,1-2H3,(H,28,33)/t15-/m1/s1. The molecular formula is C25H29Cl2N5OS. The van der Waals surface area contributed by atoms with Crippen LogP contribution in [0.5, 0.6) is 0 Å². The van der Waals surface area contributed by atoms with Gasteiger partial charge in [0.25, 0.3) is 0 Å². The summed E-state index contributed by atoms with van der Waals surface area (Å²) in [6.45, 7) is 7.25. The lowest BCUT2D eigenvalue weighted by atomic mass is 9.89. The van der Waals surface area contributed by atoms with Crippen LogP contribution >= 0.6 is 34.5 Å². The number of hydrogen-bond donors (Lipinski definition) is 1. The van der Waals surface area contributed by atoms with E-state index in [1.807, 2.05) is 16.2 Å². The van der Waals surface area contributed by atoms with Crippen molar-refractivity contribution in [3.05, 3.63) is 44.5 Å². The molecule has 3 aromatic rings. The summed E-state index contributed by atoms with van der Waals surface area (Å²) < 4.78 is 0. The maximum atomic E-state index is 12.8. The Bertz CT molecular complexity index is 1220. The molecule has 1 saturated heterocycles. The van der Waals surface area contributed by atoms with Gasteiger partial charge in [-0.25, -0.2) is 14.8 Å². The number of urea groups is 1. The van der Waals surface area contributed by atoms with E-state index in [-0.39, 0.29) is 6.03 Å². The van der Waals surface area contributed by atoms with E-state index in [0.717, 1.165) is 61.2 Å². The van der Waals surface area contributed by atoms with E-state index in [1.54, 1.807) is 18.2 Å². The zero-order valence-electron chi connectivity index (χ0n) is 19.5. The minimum atomic E-state index is -0.126. The van der Waals surface area contributed by atoms with E-state index in [9.17, 15) is 4.79 Å². The highest BCUT2D eigenvalue weighted by Gasteiger charge is 2.28. The van der Waals surface area contributed by atoms with Gasteiger partial charge in [-0.15, -0.1) is 11.3 Å². The van der Waals surface area contributed by atoms with Gasteiger partial charge < -0.3 is 15.1 Å². The van der Waals surface area contributed by atoms with Gasteiger partial charge in [-0.3, -0.25) is 0 Å². The molecule has 0 radical (unpaired) electrons. The summed E-state index contributed by atoms with van der Waals surface area (Å²) in [7, 11) is 0. The number of halogens is 2. The first-order valence-electron chi connectivity index (χ1n) is 12.0. The molecule has 0 spiro atoms. The number of fused-ring (bicyclic) bond motifs is 3. The van der Waals surface area contributed by atoms with E-state index in [0.29, 0.717) is 28.8 Å². The molecule has 6 nitrogen and oxygen atoms in total. The van der Waals surface area contributed by atoms with Gasteiger partial charge in [-0.2, -0.15) is 0 Å². The molecule has 0 unspecified atom stereocenters. The summed E-state index contributed by atoms with van der Waals surface area (Å²) in [6.07, 6.45) is 5.37. The number of thiophene rings is 1. The second kappa shape index (κ2) is 9.88. The van der Waals surface area contributed by atoms with Gasteiger partial charge >= 0.3 is 6.03 Å². The van der Waals surface area contributed by atoms with Crippen molar-refractivity contribution >= 4 is 62.3 Å². The number of nitrogens with one attached hydrogen (secondary N) is 1. The van der Waals surface area contributed by atoms with Gasteiger partial charge in [-0.05, 0) is 55.4 Å². The molecule has 34 heavy (non-hydrogen) atoms. The molecule has 1 aliphatic carbocycles. The fourth-order valence-electron chi connectivity index (χ4n) is 4.83. The molecule has 1 aromatic carbocycles. The van der Waals surface area contributed by atoms with Crippen LogP contribution in [0.1, 0.15) is 43.0 Å². The van der Waals surface area contributed by atoms with Crippen molar-refractivity contribution in [3.63, 3.8) is 0 Å². The number of anilines is 2. The molecule has 3 heterocycles. The van der Waals surface area contributed by atoms with E-state index in [4.69, 9.17) is 33.2 Å². The van der Waals surface area contributed by atoms with E-state index >= 15 is 0 Å². The molecule has 1 aliphatic heterocycles. The van der Waals surface area contributed by atoms with Crippen molar-refractivity contribution < 1.29 is 4.79 Å². The van der Waals surface area contributed by atoms with E-state index < -0.39 is 0 Å². The Kier molecular flexibility index (Phi) is 6.87. The predicted octanol–water partition coefficient (Wildman–Crippen LogP) is 6.43. The molecule has 9 heteroatoms. The Hall–Kier alpha value is -2.09. The van der Waals surface area contributed by atoms with Gasteiger partial charge in [0.1, 0.15) is 16.5 Å². The number of piperazine rings is 1. The first kappa shape index (κ1) is 23.6. The fraction of sp³-hybridized carbons (Fsp3) is 0.480. The highest BCUT2D eigenvalue weighted by atomic mass is 35.5. The number of carbonyl (C=O) groups is 1. The highest BCUT2D eigenvalue weighted by Crippen LogP contribution is 2.41. The first-order chi connectivity index (χ1) is 16.4. The number of carbonyl (C=O) groups excluding carboxylic acids is 1. The Morgan fingerprint density at radius 1 is 1.18 bits per heavy atom. The number of rotatable bonds is 4. The van der Waals surface area contributed by atoms with Crippen LogP contribution in [0.25, 0.3) is 10.2 Å². The van der Waals surface area contributed by atoms with Crippen LogP contribution in [0, 0.1) is 5.92 Å². The average molecular weight is 519 g/mol. The Morgan fingerprint density at radius 2 is 1.97 bits per heavy atom. The van der Waals surface area contributed by atoms with Gasteiger partial charge in [0, 0.05) is 43.2 Å². The van der Waals surface area contributed by atoms with Crippen molar-refractivity contribution in [1.82, 2.24) is 14.9 Å². The maximum Gasteiger partial charge on any atom is 0.321 e. The minimum absolute atomic E-state index is 0.126. The molecule has 1 fully saturated rings. The zero-order chi connectivity index (χ0) is 23.8. The molecule has 5 rings (SSSR count). The average Bonchev–Trinajstić information content (AvgIpc) is 3.18.